The summed E-state index contributed by atoms with van der Waals surface area (Å²) in [6.45, 7) is 6.95. The van der Waals surface area contributed by atoms with Crippen molar-refractivity contribution in [3.05, 3.63) is 25.3 Å². The summed E-state index contributed by atoms with van der Waals surface area (Å²) in [6, 6.07) is 0. The van der Waals surface area contributed by atoms with Crippen molar-refractivity contribution in [2.24, 2.45) is 0 Å². The maximum Gasteiger partial charge on any atom is 0.0721 e. The molecule has 46 valence electrons. The quantitative estimate of drug-likeness (QED) is 0.546. The number of aliphatic hydroxyl groups excluding tert-OH is 1. The Morgan fingerprint density at radius 1 is 1.50 bits per heavy atom. The van der Waals surface area contributed by atoms with Gasteiger partial charge in [0.05, 0.1) is 6.10 Å². The Balaban J connectivity index is 3.09. The van der Waals surface area contributed by atoms with Gasteiger partial charge in [-0.3, -0.25) is 0 Å². The first-order valence-corrected chi connectivity index (χ1v) is 2.72. The maximum atomic E-state index is 8.82. The van der Waals surface area contributed by atoms with Crippen molar-refractivity contribution >= 4 is 0 Å². The van der Waals surface area contributed by atoms with Crippen molar-refractivity contribution < 1.29 is 5.11 Å². The van der Waals surface area contributed by atoms with Crippen LogP contribution in [0.4, 0.5) is 0 Å². The minimum atomic E-state index is -0.354. The van der Waals surface area contributed by atoms with Gasteiger partial charge in [0.2, 0.25) is 0 Å². The van der Waals surface area contributed by atoms with Crippen molar-refractivity contribution in [2.75, 3.05) is 0 Å². The standard InChI is InChI=1S/C7H12O/c1-3-5-6-7(8)4-2/h3-4,7-8H,1-2,5-6H2/t7-/m1/s1. The molecule has 0 unspecified atom stereocenters. The predicted molar refractivity (Wildman–Crippen MR) is 35.6 cm³/mol. The molecule has 0 saturated carbocycles. The summed E-state index contributed by atoms with van der Waals surface area (Å²) in [5.41, 5.74) is 0. The van der Waals surface area contributed by atoms with E-state index in [4.69, 9.17) is 5.11 Å². The van der Waals surface area contributed by atoms with Crippen molar-refractivity contribution in [1.29, 1.82) is 0 Å². The van der Waals surface area contributed by atoms with E-state index in [1.165, 1.54) is 6.08 Å². The molecule has 0 amide bonds. The topological polar surface area (TPSA) is 20.2 Å². The molecule has 1 atom stereocenters. The Labute approximate surface area is 50.3 Å². The molecule has 0 aliphatic rings. The highest BCUT2D eigenvalue weighted by atomic mass is 16.3. The summed E-state index contributed by atoms with van der Waals surface area (Å²) < 4.78 is 0. The molecule has 0 heterocycles. The van der Waals surface area contributed by atoms with Gasteiger partial charge in [0, 0.05) is 0 Å². The van der Waals surface area contributed by atoms with Gasteiger partial charge in [0.1, 0.15) is 0 Å². The van der Waals surface area contributed by atoms with Crippen LogP contribution in [0.25, 0.3) is 0 Å². The largest absolute Gasteiger partial charge is 0.389 e. The zero-order chi connectivity index (χ0) is 6.41. The lowest BCUT2D eigenvalue weighted by Crippen LogP contribution is -1.98. The number of allylic oxidation sites excluding steroid dienone is 1. The lowest BCUT2D eigenvalue weighted by atomic mass is 10.2. The third-order valence-corrected chi connectivity index (χ3v) is 0.939. The highest BCUT2D eigenvalue weighted by Gasteiger charge is 1.92. The molecule has 1 N–H and O–H groups in total. The van der Waals surface area contributed by atoms with Crippen molar-refractivity contribution in [3.8, 4) is 0 Å². The average molecular weight is 112 g/mol. The normalized spacial score (nSPS) is 12.6. The molecule has 0 aromatic heterocycles. The van der Waals surface area contributed by atoms with Gasteiger partial charge in [-0.05, 0) is 12.8 Å². The molecular formula is C7H12O. The molecule has 0 radical (unpaired) electrons. The van der Waals surface area contributed by atoms with Crippen LogP contribution in [0.1, 0.15) is 12.8 Å². The second kappa shape index (κ2) is 4.60. The van der Waals surface area contributed by atoms with Crippen LogP contribution in [-0.4, -0.2) is 11.2 Å². The fourth-order valence-electron chi connectivity index (χ4n) is 0.406. The van der Waals surface area contributed by atoms with Crippen LogP contribution < -0.4 is 0 Å². The van der Waals surface area contributed by atoms with Gasteiger partial charge >= 0.3 is 0 Å². The molecule has 0 aliphatic carbocycles. The molecule has 0 rings (SSSR count). The summed E-state index contributed by atoms with van der Waals surface area (Å²) in [4.78, 5) is 0. The zero-order valence-corrected chi connectivity index (χ0v) is 5.01. The molecule has 0 aromatic rings. The van der Waals surface area contributed by atoms with E-state index in [1.807, 2.05) is 0 Å². The molecule has 0 fully saturated rings. The number of rotatable bonds is 4. The Morgan fingerprint density at radius 2 is 2.12 bits per heavy atom. The number of hydrogen-bond donors (Lipinski definition) is 1. The summed E-state index contributed by atoms with van der Waals surface area (Å²) in [7, 11) is 0. The van der Waals surface area contributed by atoms with Crippen LogP contribution in [0.3, 0.4) is 0 Å². The molecule has 0 aliphatic heterocycles. The summed E-state index contributed by atoms with van der Waals surface area (Å²) in [5.74, 6) is 0. The highest BCUT2D eigenvalue weighted by Crippen LogP contribution is 1.96. The first-order valence-electron chi connectivity index (χ1n) is 2.72. The molecule has 8 heavy (non-hydrogen) atoms. The monoisotopic (exact) mass is 112 g/mol. The van der Waals surface area contributed by atoms with E-state index in [9.17, 15) is 0 Å². The van der Waals surface area contributed by atoms with E-state index in [0.717, 1.165) is 12.8 Å². The Bertz CT molecular complexity index is 76.5. The van der Waals surface area contributed by atoms with E-state index in [-0.39, 0.29) is 6.10 Å². The van der Waals surface area contributed by atoms with Crippen molar-refractivity contribution in [1.82, 2.24) is 0 Å². The first-order chi connectivity index (χ1) is 3.81. The lowest BCUT2D eigenvalue weighted by molar-refractivity contribution is 0.214. The van der Waals surface area contributed by atoms with E-state index >= 15 is 0 Å². The van der Waals surface area contributed by atoms with Crippen LogP contribution in [0.5, 0.6) is 0 Å². The smallest absolute Gasteiger partial charge is 0.0721 e. The number of aliphatic hydroxyl groups is 1. The van der Waals surface area contributed by atoms with Crippen molar-refractivity contribution in [2.45, 2.75) is 18.9 Å². The van der Waals surface area contributed by atoms with Gasteiger partial charge in [-0.2, -0.15) is 0 Å². The molecule has 0 aromatic carbocycles. The Morgan fingerprint density at radius 3 is 2.50 bits per heavy atom. The van der Waals surface area contributed by atoms with Gasteiger partial charge in [0.25, 0.3) is 0 Å². The first kappa shape index (κ1) is 7.44. The minimum Gasteiger partial charge on any atom is -0.389 e. The minimum absolute atomic E-state index is 0.354. The Kier molecular flexibility index (Phi) is 4.27. The van der Waals surface area contributed by atoms with Gasteiger partial charge < -0.3 is 5.11 Å². The van der Waals surface area contributed by atoms with E-state index in [2.05, 4.69) is 13.2 Å². The molecule has 1 nitrogen and oxygen atoms in total. The second-order valence-corrected chi connectivity index (χ2v) is 1.67. The molecular weight excluding hydrogens is 100 g/mol. The Hall–Kier alpha value is -0.560. The summed E-state index contributed by atoms with van der Waals surface area (Å²) >= 11 is 0. The van der Waals surface area contributed by atoms with E-state index in [0.29, 0.717) is 0 Å². The SMILES string of the molecule is C=CCC[C@H](O)C=C. The third-order valence-electron chi connectivity index (χ3n) is 0.939. The van der Waals surface area contributed by atoms with E-state index in [1.54, 1.807) is 6.08 Å². The van der Waals surface area contributed by atoms with Gasteiger partial charge in [-0.25, -0.2) is 0 Å². The van der Waals surface area contributed by atoms with Crippen LogP contribution in [-0.2, 0) is 0 Å². The van der Waals surface area contributed by atoms with Crippen LogP contribution in [0.15, 0.2) is 25.3 Å². The average Bonchev–Trinajstić information content (AvgIpc) is 1.83. The fourth-order valence-corrected chi connectivity index (χ4v) is 0.406. The van der Waals surface area contributed by atoms with Crippen molar-refractivity contribution in [3.63, 3.8) is 0 Å². The van der Waals surface area contributed by atoms with Gasteiger partial charge in [0.15, 0.2) is 0 Å². The molecule has 0 saturated heterocycles. The summed E-state index contributed by atoms with van der Waals surface area (Å²) in [5, 5.41) is 8.82. The van der Waals surface area contributed by atoms with Gasteiger partial charge in [-0.15, -0.1) is 13.2 Å². The van der Waals surface area contributed by atoms with Crippen LogP contribution in [0, 0.1) is 0 Å². The van der Waals surface area contributed by atoms with Crippen LogP contribution in [0.2, 0.25) is 0 Å². The second-order valence-electron chi connectivity index (χ2n) is 1.67. The molecule has 0 spiro atoms. The number of hydrogen-bond acceptors (Lipinski definition) is 1. The molecule has 1 heteroatoms. The van der Waals surface area contributed by atoms with Crippen LogP contribution >= 0.6 is 0 Å². The predicted octanol–water partition coefficient (Wildman–Crippen LogP) is 1.50. The lowest BCUT2D eigenvalue weighted by Gasteiger charge is -1.98. The molecule has 0 bridgehead atoms. The van der Waals surface area contributed by atoms with E-state index < -0.39 is 0 Å². The third kappa shape index (κ3) is 3.62. The summed E-state index contributed by atoms with van der Waals surface area (Å²) in [6.07, 6.45) is 4.56. The fraction of sp³-hybridized carbons (Fsp3) is 0.429. The van der Waals surface area contributed by atoms with Gasteiger partial charge in [-0.1, -0.05) is 12.2 Å². The highest BCUT2D eigenvalue weighted by molar-refractivity contribution is 4.80. The maximum absolute atomic E-state index is 8.82. The zero-order valence-electron chi connectivity index (χ0n) is 5.01.